The molecule has 2 aromatic rings. The van der Waals surface area contributed by atoms with Crippen molar-refractivity contribution in [1.29, 1.82) is 0 Å². The maximum atomic E-state index is 13.5. The van der Waals surface area contributed by atoms with Crippen molar-refractivity contribution in [3.63, 3.8) is 0 Å². The van der Waals surface area contributed by atoms with Crippen LogP contribution in [0.2, 0.25) is 5.02 Å². The number of hydrogen-bond donors (Lipinski definition) is 2. The molecule has 0 spiro atoms. The maximum absolute atomic E-state index is 13.5. The van der Waals surface area contributed by atoms with Crippen LogP contribution in [0, 0.1) is 0 Å². The van der Waals surface area contributed by atoms with Gasteiger partial charge in [0.1, 0.15) is 12.1 Å². The molecule has 184 valence electrons. The highest BCUT2D eigenvalue weighted by molar-refractivity contribution is 7.85. The van der Waals surface area contributed by atoms with E-state index in [9.17, 15) is 13.2 Å². The summed E-state index contributed by atoms with van der Waals surface area (Å²) < 4.78 is 31.0. The number of aromatic nitrogens is 2. The normalized spacial score (nSPS) is 19.2. The minimum Gasteiger partial charge on any atom is -0.353 e. The van der Waals surface area contributed by atoms with Gasteiger partial charge >= 0.3 is 0 Å². The molecule has 0 saturated carbocycles. The van der Waals surface area contributed by atoms with E-state index in [1.165, 1.54) is 5.56 Å². The number of carbonyl (C=O) groups is 1. The summed E-state index contributed by atoms with van der Waals surface area (Å²) in [6.45, 7) is 5.04. The lowest BCUT2D eigenvalue weighted by Crippen LogP contribution is -2.51. The maximum Gasteiger partial charge on any atom is 0.266 e. The number of nitrogens with one attached hydrogen (secondary N) is 1. The van der Waals surface area contributed by atoms with E-state index in [0.717, 1.165) is 29.9 Å². The molecule has 34 heavy (non-hydrogen) atoms. The summed E-state index contributed by atoms with van der Waals surface area (Å²) in [5, 5.41) is 3.57. The van der Waals surface area contributed by atoms with Crippen molar-refractivity contribution in [3.8, 4) is 0 Å². The molecule has 1 aliphatic carbocycles. The fourth-order valence-corrected chi connectivity index (χ4v) is 5.25. The second kappa shape index (κ2) is 10.6. The Morgan fingerprint density at radius 3 is 2.59 bits per heavy atom. The van der Waals surface area contributed by atoms with Crippen molar-refractivity contribution in [1.82, 2.24) is 20.2 Å². The molecule has 1 amide bonds. The number of rotatable bonds is 8. The summed E-state index contributed by atoms with van der Waals surface area (Å²) in [5.41, 5.74) is 3.18. The fourth-order valence-electron chi connectivity index (χ4n) is 4.72. The smallest absolute Gasteiger partial charge is 0.266 e. The van der Waals surface area contributed by atoms with Gasteiger partial charge in [-0.25, -0.2) is 9.97 Å². The van der Waals surface area contributed by atoms with Gasteiger partial charge in [-0.1, -0.05) is 30.7 Å². The summed E-state index contributed by atoms with van der Waals surface area (Å²) in [6, 6.07) is 7.11. The minimum absolute atomic E-state index is 0.0254. The number of halogens is 1. The van der Waals surface area contributed by atoms with Gasteiger partial charge in [0.05, 0.1) is 11.7 Å². The zero-order chi connectivity index (χ0) is 24.3. The molecule has 2 unspecified atom stereocenters. The number of aryl methyl sites for hydroxylation is 1. The Bertz CT molecular complexity index is 1120. The molecule has 0 bridgehead atoms. The molecule has 4 rings (SSSR count). The third kappa shape index (κ3) is 5.86. The van der Waals surface area contributed by atoms with Gasteiger partial charge in [-0.2, -0.15) is 8.42 Å². The molecule has 1 fully saturated rings. The summed E-state index contributed by atoms with van der Waals surface area (Å²) in [6.07, 6.45) is 3.71. The van der Waals surface area contributed by atoms with Crippen molar-refractivity contribution < 1.29 is 17.8 Å². The molecule has 0 radical (unpaired) electrons. The number of amides is 1. The first-order valence-electron chi connectivity index (χ1n) is 11.5. The number of carbonyl (C=O) groups excluding carboxylic acids is 1. The van der Waals surface area contributed by atoms with Gasteiger partial charge in [0.25, 0.3) is 10.1 Å². The summed E-state index contributed by atoms with van der Waals surface area (Å²) in [5.74, 6) is 0.503. The second-order valence-electron chi connectivity index (χ2n) is 8.90. The Hall–Kier alpha value is -2.27. The van der Waals surface area contributed by atoms with E-state index in [1.807, 2.05) is 17.0 Å². The molecule has 2 aliphatic rings. The van der Waals surface area contributed by atoms with Crippen LogP contribution in [-0.4, -0.2) is 78.8 Å². The number of benzene rings is 1. The van der Waals surface area contributed by atoms with E-state index in [1.54, 1.807) is 18.5 Å². The largest absolute Gasteiger partial charge is 0.353 e. The van der Waals surface area contributed by atoms with Crippen LogP contribution in [0.15, 0.2) is 30.6 Å². The van der Waals surface area contributed by atoms with Gasteiger partial charge in [0, 0.05) is 55.5 Å². The van der Waals surface area contributed by atoms with E-state index in [2.05, 4.69) is 27.1 Å². The number of nitrogens with zero attached hydrogens (tertiary/aromatic N) is 4. The number of hydrogen-bond acceptors (Lipinski definition) is 7. The molecule has 9 nitrogen and oxygen atoms in total. The molecular weight excluding hydrogens is 478 g/mol. The van der Waals surface area contributed by atoms with Crippen LogP contribution in [-0.2, 0) is 21.3 Å². The molecule has 2 N–H and O–H groups in total. The van der Waals surface area contributed by atoms with Gasteiger partial charge in [-0.3, -0.25) is 9.35 Å². The fraction of sp³-hybridized carbons (Fsp3) is 0.522. The standard InChI is InChI=1S/C23H30ClN5O4S/c1-16-2-7-20-21(16)22(27-15-26-20)28-9-11-29(12-10-28)23(30)19(14-25-8-13-34(31,32)33)17-3-5-18(24)6-4-17/h3-6,15-16,19,25H,2,7-14H2,1H3,(H,31,32,33). The van der Waals surface area contributed by atoms with Crippen LogP contribution < -0.4 is 10.2 Å². The van der Waals surface area contributed by atoms with E-state index in [0.29, 0.717) is 37.1 Å². The number of piperazine rings is 1. The molecule has 1 aromatic heterocycles. The van der Waals surface area contributed by atoms with Crippen molar-refractivity contribution in [2.24, 2.45) is 0 Å². The molecule has 1 aromatic carbocycles. The van der Waals surface area contributed by atoms with E-state index < -0.39 is 21.8 Å². The summed E-state index contributed by atoms with van der Waals surface area (Å²) in [7, 11) is -4.07. The van der Waals surface area contributed by atoms with E-state index in [4.69, 9.17) is 16.2 Å². The van der Waals surface area contributed by atoms with Gasteiger partial charge in [0.2, 0.25) is 5.91 Å². The van der Waals surface area contributed by atoms with Crippen LogP contribution in [0.4, 0.5) is 5.82 Å². The van der Waals surface area contributed by atoms with Gasteiger partial charge < -0.3 is 15.1 Å². The lowest BCUT2D eigenvalue weighted by Gasteiger charge is -2.38. The molecular formula is C23H30ClN5O4S. The summed E-state index contributed by atoms with van der Waals surface area (Å²) in [4.78, 5) is 26.6. The third-order valence-corrected chi connectivity index (χ3v) is 7.57. The Kier molecular flexibility index (Phi) is 7.71. The zero-order valence-corrected chi connectivity index (χ0v) is 20.7. The van der Waals surface area contributed by atoms with Crippen molar-refractivity contribution in [3.05, 3.63) is 52.4 Å². The number of anilines is 1. The monoisotopic (exact) mass is 507 g/mol. The van der Waals surface area contributed by atoms with Crippen molar-refractivity contribution in [2.45, 2.75) is 31.6 Å². The topological polar surface area (TPSA) is 116 Å². The average molecular weight is 508 g/mol. The van der Waals surface area contributed by atoms with Crippen LogP contribution in [0.1, 0.15) is 42.0 Å². The zero-order valence-electron chi connectivity index (χ0n) is 19.2. The first-order chi connectivity index (χ1) is 16.2. The Morgan fingerprint density at radius 2 is 1.91 bits per heavy atom. The highest BCUT2D eigenvalue weighted by atomic mass is 35.5. The van der Waals surface area contributed by atoms with Crippen molar-refractivity contribution >= 4 is 33.4 Å². The Labute approximate surface area is 205 Å². The molecule has 2 atom stereocenters. The Morgan fingerprint density at radius 1 is 1.21 bits per heavy atom. The first kappa shape index (κ1) is 24.8. The van der Waals surface area contributed by atoms with E-state index in [-0.39, 0.29) is 19.0 Å². The SMILES string of the molecule is CC1CCc2ncnc(N3CCN(C(=O)C(CNCCS(=O)(=O)O)c4ccc(Cl)cc4)CC3)c21. The predicted molar refractivity (Wildman–Crippen MR) is 131 cm³/mol. The third-order valence-electron chi connectivity index (χ3n) is 6.60. The predicted octanol–water partition coefficient (Wildman–Crippen LogP) is 2.09. The number of fused-ring (bicyclic) bond motifs is 1. The van der Waals surface area contributed by atoms with Crippen LogP contribution in [0.3, 0.4) is 0 Å². The average Bonchev–Trinajstić information content (AvgIpc) is 3.20. The first-order valence-corrected chi connectivity index (χ1v) is 13.5. The van der Waals surface area contributed by atoms with Gasteiger partial charge in [0.15, 0.2) is 0 Å². The van der Waals surface area contributed by atoms with Crippen LogP contribution in [0.25, 0.3) is 0 Å². The van der Waals surface area contributed by atoms with Crippen LogP contribution >= 0.6 is 11.6 Å². The Balaban J connectivity index is 1.43. The highest BCUT2D eigenvalue weighted by Crippen LogP contribution is 2.37. The minimum atomic E-state index is -4.07. The molecule has 1 aliphatic heterocycles. The molecule has 1 saturated heterocycles. The van der Waals surface area contributed by atoms with Gasteiger partial charge in [-0.15, -0.1) is 0 Å². The molecule has 2 heterocycles. The van der Waals surface area contributed by atoms with E-state index >= 15 is 0 Å². The lowest BCUT2D eigenvalue weighted by atomic mass is 9.97. The molecule has 11 heteroatoms. The highest BCUT2D eigenvalue weighted by Gasteiger charge is 2.32. The summed E-state index contributed by atoms with van der Waals surface area (Å²) >= 11 is 6.02. The van der Waals surface area contributed by atoms with Gasteiger partial charge in [-0.05, 0) is 36.5 Å². The quantitative estimate of drug-likeness (QED) is 0.412. The second-order valence-corrected chi connectivity index (χ2v) is 10.9. The van der Waals surface area contributed by atoms with Crippen molar-refractivity contribution in [2.75, 3.05) is 49.9 Å². The lowest BCUT2D eigenvalue weighted by molar-refractivity contribution is -0.133. The van der Waals surface area contributed by atoms with Crippen LogP contribution in [0.5, 0.6) is 0 Å².